The van der Waals surface area contributed by atoms with Crippen molar-refractivity contribution in [1.29, 1.82) is 0 Å². The van der Waals surface area contributed by atoms with Gasteiger partial charge in [-0.2, -0.15) is 0 Å². The highest BCUT2D eigenvalue weighted by Gasteiger charge is 2.35. The number of rotatable bonds is 1. The van der Waals surface area contributed by atoms with Crippen LogP contribution in [0.15, 0.2) is 22.7 Å². The highest BCUT2D eigenvalue weighted by molar-refractivity contribution is 9.10. The van der Waals surface area contributed by atoms with Crippen LogP contribution in [-0.4, -0.2) is 5.11 Å². The van der Waals surface area contributed by atoms with Gasteiger partial charge in [0.05, 0.1) is 5.60 Å². The number of hydrogen-bond donors (Lipinski definition) is 1. The van der Waals surface area contributed by atoms with Crippen LogP contribution < -0.4 is 0 Å². The first-order chi connectivity index (χ1) is 6.62. The van der Waals surface area contributed by atoms with Gasteiger partial charge in [-0.15, -0.1) is 0 Å². The van der Waals surface area contributed by atoms with Gasteiger partial charge in [0, 0.05) is 10.0 Å². The first kappa shape index (κ1) is 10.1. The van der Waals surface area contributed by atoms with Crippen LogP contribution in [0.4, 0.5) is 4.39 Å². The summed E-state index contributed by atoms with van der Waals surface area (Å²) in [6, 6.07) is 4.85. The molecule has 0 saturated heterocycles. The van der Waals surface area contributed by atoms with Crippen molar-refractivity contribution in [3.05, 3.63) is 34.1 Å². The summed E-state index contributed by atoms with van der Waals surface area (Å²) in [6.07, 6.45) is 3.30. The average molecular weight is 259 g/mol. The van der Waals surface area contributed by atoms with Crippen LogP contribution in [-0.2, 0) is 5.60 Å². The molecule has 0 unspecified atom stereocenters. The topological polar surface area (TPSA) is 20.2 Å². The molecule has 3 heteroatoms. The molecule has 1 fully saturated rings. The first-order valence-corrected chi connectivity index (χ1v) is 5.59. The molecule has 0 aliphatic heterocycles. The summed E-state index contributed by atoms with van der Waals surface area (Å²) in [5, 5.41) is 10.2. The van der Waals surface area contributed by atoms with Gasteiger partial charge >= 0.3 is 0 Å². The van der Waals surface area contributed by atoms with Crippen molar-refractivity contribution in [1.82, 2.24) is 0 Å². The van der Waals surface area contributed by atoms with Gasteiger partial charge in [0.2, 0.25) is 0 Å². The molecule has 1 saturated carbocycles. The van der Waals surface area contributed by atoms with Gasteiger partial charge in [0.15, 0.2) is 0 Å². The fourth-order valence-corrected chi connectivity index (χ4v) is 2.43. The van der Waals surface area contributed by atoms with E-state index in [1.807, 2.05) is 0 Å². The molecule has 1 aliphatic rings. The predicted octanol–water partition coefficient (Wildman–Crippen LogP) is 3.35. The third-order valence-electron chi connectivity index (χ3n) is 2.86. The zero-order valence-corrected chi connectivity index (χ0v) is 9.35. The van der Waals surface area contributed by atoms with Gasteiger partial charge in [0.1, 0.15) is 5.82 Å². The highest BCUT2D eigenvalue weighted by atomic mass is 79.9. The van der Waals surface area contributed by atoms with Crippen molar-refractivity contribution >= 4 is 15.9 Å². The van der Waals surface area contributed by atoms with Crippen molar-refractivity contribution in [3.8, 4) is 0 Å². The number of benzene rings is 1. The van der Waals surface area contributed by atoms with Gasteiger partial charge < -0.3 is 5.11 Å². The fraction of sp³-hybridized carbons (Fsp3) is 0.455. The van der Waals surface area contributed by atoms with Gasteiger partial charge in [0.25, 0.3) is 0 Å². The summed E-state index contributed by atoms with van der Waals surface area (Å²) < 4.78 is 14.3. The van der Waals surface area contributed by atoms with Crippen molar-refractivity contribution < 1.29 is 9.50 Å². The second-order valence-corrected chi connectivity index (χ2v) is 4.78. The van der Waals surface area contributed by atoms with Crippen LogP contribution in [0.25, 0.3) is 0 Å². The van der Waals surface area contributed by atoms with Crippen molar-refractivity contribution in [2.45, 2.75) is 31.3 Å². The maximum atomic E-state index is 13.6. The molecule has 0 aromatic heterocycles. The Morgan fingerprint density at radius 1 is 1.29 bits per heavy atom. The van der Waals surface area contributed by atoms with E-state index in [9.17, 15) is 9.50 Å². The Balaban J connectivity index is 2.40. The summed E-state index contributed by atoms with van der Waals surface area (Å²) in [6.45, 7) is 0. The minimum atomic E-state index is -0.926. The molecule has 2 rings (SSSR count). The van der Waals surface area contributed by atoms with Gasteiger partial charge in [-0.25, -0.2) is 4.39 Å². The van der Waals surface area contributed by atoms with E-state index in [0.717, 1.165) is 12.8 Å². The molecule has 1 aliphatic carbocycles. The van der Waals surface area contributed by atoms with Gasteiger partial charge in [-0.05, 0) is 25.0 Å². The monoisotopic (exact) mass is 258 g/mol. The average Bonchev–Trinajstić information content (AvgIpc) is 2.52. The maximum absolute atomic E-state index is 13.6. The zero-order chi connectivity index (χ0) is 10.2. The Bertz CT molecular complexity index is 345. The Hall–Kier alpha value is -0.410. The van der Waals surface area contributed by atoms with Crippen LogP contribution in [0.3, 0.4) is 0 Å². The molecule has 1 aromatic carbocycles. The molecule has 1 N–H and O–H groups in total. The third-order valence-corrected chi connectivity index (χ3v) is 3.36. The first-order valence-electron chi connectivity index (χ1n) is 4.80. The summed E-state index contributed by atoms with van der Waals surface area (Å²) in [7, 11) is 0. The molecular weight excluding hydrogens is 247 g/mol. The van der Waals surface area contributed by atoms with Crippen molar-refractivity contribution in [2.75, 3.05) is 0 Å². The SMILES string of the molecule is OC1(c2ccc(Br)cc2F)CCCC1. The van der Waals surface area contributed by atoms with E-state index < -0.39 is 5.60 Å². The van der Waals surface area contributed by atoms with Crippen molar-refractivity contribution in [2.24, 2.45) is 0 Å². The Kier molecular flexibility index (Phi) is 2.62. The maximum Gasteiger partial charge on any atom is 0.130 e. The molecule has 0 atom stereocenters. The minimum Gasteiger partial charge on any atom is -0.385 e. The third kappa shape index (κ3) is 1.71. The quantitative estimate of drug-likeness (QED) is 0.819. The van der Waals surface area contributed by atoms with E-state index in [4.69, 9.17) is 0 Å². The highest BCUT2D eigenvalue weighted by Crippen LogP contribution is 2.39. The molecule has 1 aromatic rings. The normalized spacial score (nSPS) is 19.9. The van der Waals surface area contributed by atoms with E-state index in [1.54, 1.807) is 12.1 Å². The van der Waals surface area contributed by atoms with Gasteiger partial charge in [-0.1, -0.05) is 34.8 Å². The largest absolute Gasteiger partial charge is 0.385 e. The molecule has 76 valence electrons. The standard InChI is InChI=1S/C11H12BrFO/c12-8-3-4-9(10(13)7-8)11(14)5-1-2-6-11/h3-4,7,14H,1-2,5-6H2. The number of hydrogen-bond acceptors (Lipinski definition) is 1. The smallest absolute Gasteiger partial charge is 0.130 e. The lowest BCUT2D eigenvalue weighted by Crippen LogP contribution is -2.22. The van der Waals surface area contributed by atoms with Crippen LogP contribution in [0, 0.1) is 5.82 Å². The number of halogens is 2. The van der Waals surface area contributed by atoms with Crippen molar-refractivity contribution in [3.63, 3.8) is 0 Å². The lowest BCUT2D eigenvalue weighted by atomic mass is 9.92. The second kappa shape index (κ2) is 3.63. The van der Waals surface area contributed by atoms with E-state index in [0.29, 0.717) is 22.9 Å². The zero-order valence-electron chi connectivity index (χ0n) is 7.76. The Labute approximate surface area is 91.1 Å². The van der Waals surface area contributed by atoms with Crippen LogP contribution in [0.5, 0.6) is 0 Å². The Morgan fingerprint density at radius 2 is 1.93 bits per heavy atom. The minimum absolute atomic E-state index is 0.316. The molecule has 1 nitrogen and oxygen atoms in total. The molecular formula is C11H12BrFO. The van der Waals surface area contributed by atoms with Crippen LogP contribution >= 0.6 is 15.9 Å². The molecule has 0 heterocycles. The number of aliphatic hydroxyl groups is 1. The fourth-order valence-electron chi connectivity index (χ4n) is 2.10. The van der Waals surface area contributed by atoms with E-state index in [1.165, 1.54) is 6.07 Å². The summed E-state index contributed by atoms with van der Waals surface area (Å²) in [5.41, 5.74) is -0.483. The molecule has 0 radical (unpaired) electrons. The molecule has 14 heavy (non-hydrogen) atoms. The predicted molar refractivity (Wildman–Crippen MR) is 56.5 cm³/mol. The summed E-state index contributed by atoms with van der Waals surface area (Å²) >= 11 is 3.20. The van der Waals surface area contributed by atoms with E-state index in [-0.39, 0.29) is 5.82 Å². The molecule has 0 amide bonds. The lowest BCUT2D eigenvalue weighted by molar-refractivity contribution is 0.0407. The van der Waals surface area contributed by atoms with Gasteiger partial charge in [-0.3, -0.25) is 0 Å². The van der Waals surface area contributed by atoms with Crippen LogP contribution in [0.1, 0.15) is 31.2 Å². The summed E-state index contributed by atoms with van der Waals surface area (Å²) in [5.74, 6) is -0.316. The molecule has 0 spiro atoms. The lowest BCUT2D eigenvalue weighted by Gasteiger charge is -2.23. The molecule has 0 bridgehead atoms. The van der Waals surface area contributed by atoms with Crippen LogP contribution in [0.2, 0.25) is 0 Å². The second-order valence-electron chi connectivity index (χ2n) is 3.86. The van der Waals surface area contributed by atoms with E-state index >= 15 is 0 Å². The summed E-state index contributed by atoms with van der Waals surface area (Å²) in [4.78, 5) is 0. The Morgan fingerprint density at radius 3 is 2.50 bits per heavy atom. The van der Waals surface area contributed by atoms with E-state index in [2.05, 4.69) is 15.9 Å².